The van der Waals surface area contributed by atoms with E-state index < -0.39 is 0 Å². The van der Waals surface area contributed by atoms with Crippen molar-refractivity contribution in [3.05, 3.63) is 0 Å². The molecule has 2 bridgehead atoms. The molecule has 2 rings (SSSR count). The molecule has 12 heavy (non-hydrogen) atoms. The molecule has 0 aromatic rings. The smallest absolute Gasteiger partial charge is 0.0507 e. The number of fused-ring (bicyclic) bond motifs is 2. The summed E-state index contributed by atoms with van der Waals surface area (Å²) in [4.78, 5) is 0. The molecule has 0 aromatic carbocycles. The van der Waals surface area contributed by atoms with E-state index in [1.807, 2.05) is 0 Å². The molecule has 0 amide bonds. The first-order chi connectivity index (χ1) is 5.54. The molecule has 3 N–H and O–H groups in total. The van der Waals surface area contributed by atoms with Crippen molar-refractivity contribution in [2.24, 2.45) is 22.5 Å². The van der Waals surface area contributed by atoms with Crippen LogP contribution in [0.5, 0.6) is 0 Å². The summed E-state index contributed by atoms with van der Waals surface area (Å²) < 4.78 is 0. The molecule has 0 radical (unpaired) electrons. The normalized spacial score (nSPS) is 50.0. The van der Waals surface area contributed by atoms with E-state index in [1.165, 1.54) is 6.42 Å². The van der Waals surface area contributed by atoms with E-state index in [-0.39, 0.29) is 23.5 Å². The number of hydrogen-bond donors (Lipinski definition) is 2. The van der Waals surface area contributed by atoms with Crippen molar-refractivity contribution in [3.63, 3.8) is 0 Å². The molecule has 2 fully saturated rings. The van der Waals surface area contributed by atoms with Gasteiger partial charge in [-0.3, -0.25) is 0 Å². The molecule has 2 saturated carbocycles. The molecule has 2 heteroatoms. The Hall–Kier alpha value is -0.0800. The Labute approximate surface area is 74.1 Å². The first-order valence-electron chi connectivity index (χ1n) is 4.91. The molecule has 3 atom stereocenters. The van der Waals surface area contributed by atoms with Gasteiger partial charge in [0, 0.05) is 11.5 Å². The third kappa shape index (κ3) is 0.686. The first-order valence-corrected chi connectivity index (χ1v) is 4.91. The Bertz CT molecular complexity index is 202. The lowest BCUT2D eigenvalue weighted by molar-refractivity contribution is 0.0344. The summed E-state index contributed by atoms with van der Waals surface area (Å²) in [5, 5.41) is 9.47. The number of nitrogens with two attached hydrogens (primary N) is 1. The van der Waals surface area contributed by atoms with Crippen molar-refractivity contribution in [1.82, 2.24) is 0 Å². The van der Waals surface area contributed by atoms with Crippen LogP contribution in [0.15, 0.2) is 0 Å². The van der Waals surface area contributed by atoms with Crippen LogP contribution >= 0.6 is 0 Å². The fourth-order valence-electron chi connectivity index (χ4n) is 3.53. The van der Waals surface area contributed by atoms with Crippen LogP contribution in [0.3, 0.4) is 0 Å². The number of aliphatic hydroxyl groups excluding tert-OH is 1. The highest BCUT2D eigenvalue weighted by atomic mass is 16.3. The molecule has 2 aliphatic rings. The summed E-state index contributed by atoms with van der Waals surface area (Å²) in [6, 6.07) is 0.233. The fourth-order valence-corrected chi connectivity index (χ4v) is 3.53. The molecule has 70 valence electrons. The molecule has 0 aliphatic heterocycles. The Balaban J connectivity index is 2.39. The van der Waals surface area contributed by atoms with E-state index in [0.717, 1.165) is 18.8 Å². The zero-order valence-electron chi connectivity index (χ0n) is 8.01. The van der Waals surface area contributed by atoms with Gasteiger partial charge in [-0.05, 0) is 30.6 Å². The van der Waals surface area contributed by atoms with Gasteiger partial charge in [-0.2, -0.15) is 0 Å². The maximum atomic E-state index is 9.47. The SMILES string of the molecule is CC1(C)[C@H]2CC[C@@]1(CO)[C@@H](N)C2. The van der Waals surface area contributed by atoms with Gasteiger partial charge in [0.25, 0.3) is 0 Å². The summed E-state index contributed by atoms with van der Waals surface area (Å²) in [7, 11) is 0. The summed E-state index contributed by atoms with van der Waals surface area (Å²) in [5.41, 5.74) is 6.39. The molecule has 2 aliphatic carbocycles. The maximum absolute atomic E-state index is 9.47. The third-order valence-electron chi connectivity index (χ3n) is 4.77. The highest BCUT2D eigenvalue weighted by molar-refractivity contribution is 5.13. The Kier molecular flexibility index (Phi) is 1.59. The van der Waals surface area contributed by atoms with Crippen LogP contribution in [0.1, 0.15) is 33.1 Å². The molecular weight excluding hydrogens is 150 g/mol. The van der Waals surface area contributed by atoms with E-state index in [9.17, 15) is 5.11 Å². The standard InChI is InChI=1S/C10H19NO/c1-9(2)7-3-4-10(9,6-12)8(11)5-7/h7-8,12H,3-6,11H2,1-2H3/t7-,8-,10+/m0/s1. The Morgan fingerprint density at radius 1 is 1.50 bits per heavy atom. The summed E-state index contributed by atoms with van der Waals surface area (Å²) >= 11 is 0. The minimum Gasteiger partial charge on any atom is -0.396 e. The van der Waals surface area contributed by atoms with Crippen molar-refractivity contribution in [2.45, 2.75) is 39.2 Å². The second-order valence-electron chi connectivity index (χ2n) is 5.11. The predicted octanol–water partition coefficient (Wildman–Crippen LogP) is 1.13. The van der Waals surface area contributed by atoms with Crippen molar-refractivity contribution in [2.75, 3.05) is 6.61 Å². The summed E-state index contributed by atoms with van der Waals surface area (Å²) in [6.07, 6.45) is 3.51. The van der Waals surface area contributed by atoms with Gasteiger partial charge >= 0.3 is 0 Å². The number of aliphatic hydroxyl groups is 1. The second kappa shape index (κ2) is 2.24. The zero-order valence-corrected chi connectivity index (χ0v) is 8.01. The van der Waals surface area contributed by atoms with E-state index in [1.54, 1.807) is 0 Å². The van der Waals surface area contributed by atoms with Gasteiger partial charge in [0.15, 0.2) is 0 Å². The topological polar surface area (TPSA) is 46.2 Å². The fraction of sp³-hybridized carbons (Fsp3) is 1.00. The van der Waals surface area contributed by atoms with Gasteiger partial charge in [0.2, 0.25) is 0 Å². The highest BCUT2D eigenvalue weighted by Gasteiger charge is 2.62. The monoisotopic (exact) mass is 169 g/mol. The Morgan fingerprint density at radius 3 is 2.42 bits per heavy atom. The Morgan fingerprint density at radius 2 is 2.17 bits per heavy atom. The van der Waals surface area contributed by atoms with Crippen molar-refractivity contribution < 1.29 is 5.11 Å². The van der Waals surface area contributed by atoms with Gasteiger partial charge in [-0.25, -0.2) is 0 Å². The molecular formula is C10H19NO. The lowest BCUT2D eigenvalue weighted by Gasteiger charge is -2.39. The zero-order chi connectivity index (χ0) is 8.98. The third-order valence-corrected chi connectivity index (χ3v) is 4.77. The van der Waals surface area contributed by atoms with Crippen molar-refractivity contribution >= 4 is 0 Å². The van der Waals surface area contributed by atoms with Gasteiger partial charge in [-0.1, -0.05) is 13.8 Å². The van der Waals surface area contributed by atoms with Gasteiger partial charge in [0.05, 0.1) is 6.61 Å². The van der Waals surface area contributed by atoms with Crippen LogP contribution in [-0.2, 0) is 0 Å². The van der Waals surface area contributed by atoms with Crippen molar-refractivity contribution in [1.29, 1.82) is 0 Å². The summed E-state index contributed by atoms with van der Waals surface area (Å²) in [6.45, 7) is 4.82. The van der Waals surface area contributed by atoms with Gasteiger partial charge in [0.1, 0.15) is 0 Å². The van der Waals surface area contributed by atoms with Crippen LogP contribution in [0.2, 0.25) is 0 Å². The molecule has 0 aromatic heterocycles. The van der Waals surface area contributed by atoms with Gasteiger partial charge < -0.3 is 10.8 Å². The molecule has 0 unspecified atom stereocenters. The number of rotatable bonds is 1. The van der Waals surface area contributed by atoms with Crippen LogP contribution in [0.25, 0.3) is 0 Å². The summed E-state index contributed by atoms with van der Waals surface area (Å²) in [5.74, 6) is 0.750. The minimum atomic E-state index is 0.0394. The van der Waals surface area contributed by atoms with Crippen LogP contribution in [0, 0.1) is 16.7 Å². The molecule has 2 nitrogen and oxygen atoms in total. The molecule has 0 saturated heterocycles. The van der Waals surface area contributed by atoms with E-state index in [0.29, 0.717) is 0 Å². The molecule has 0 spiro atoms. The number of hydrogen-bond acceptors (Lipinski definition) is 2. The minimum absolute atomic E-state index is 0.0394. The maximum Gasteiger partial charge on any atom is 0.0507 e. The van der Waals surface area contributed by atoms with E-state index >= 15 is 0 Å². The predicted molar refractivity (Wildman–Crippen MR) is 48.6 cm³/mol. The van der Waals surface area contributed by atoms with Crippen LogP contribution < -0.4 is 5.73 Å². The van der Waals surface area contributed by atoms with Crippen LogP contribution in [-0.4, -0.2) is 17.8 Å². The first kappa shape index (κ1) is 8.52. The average Bonchev–Trinajstić information content (AvgIpc) is 2.36. The lowest BCUT2D eigenvalue weighted by Crippen LogP contribution is -2.46. The largest absolute Gasteiger partial charge is 0.396 e. The average molecular weight is 169 g/mol. The van der Waals surface area contributed by atoms with Gasteiger partial charge in [-0.15, -0.1) is 0 Å². The molecule has 0 heterocycles. The van der Waals surface area contributed by atoms with E-state index in [4.69, 9.17) is 5.73 Å². The van der Waals surface area contributed by atoms with Crippen molar-refractivity contribution in [3.8, 4) is 0 Å². The lowest BCUT2D eigenvalue weighted by atomic mass is 9.68. The van der Waals surface area contributed by atoms with Crippen LogP contribution in [0.4, 0.5) is 0 Å². The second-order valence-corrected chi connectivity index (χ2v) is 5.11. The highest BCUT2D eigenvalue weighted by Crippen LogP contribution is 2.64. The van der Waals surface area contributed by atoms with E-state index in [2.05, 4.69) is 13.8 Å². The quantitative estimate of drug-likeness (QED) is 0.618.